The molecule has 0 atom stereocenters. The second kappa shape index (κ2) is 9.05. The number of rotatable bonds is 4. The Labute approximate surface area is 196 Å². The minimum Gasteiger partial charge on any atom is -0.325 e. The van der Waals surface area contributed by atoms with Gasteiger partial charge in [0, 0.05) is 22.8 Å². The number of fused-ring (bicyclic) bond motifs is 1. The summed E-state index contributed by atoms with van der Waals surface area (Å²) >= 11 is 0. The van der Waals surface area contributed by atoms with E-state index in [1.165, 1.54) is 0 Å². The molecule has 0 spiro atoms. The zero-order valence-corrected chi connectivity index (χ0v) is 18.3. The predicted octanol–water partition coefficient (Wildman–Crippen LogP) is 7.43. The number of hydrogen-bond acceptors (Lipinski definition) is 2. The number of nitrogens with zero attached hydrogens (tertiary/aromatic N) is 1. The van der Waals surface area contributed by atoms with Crippen LogP contribution in [0.15, 0.2) is 72.9 Å². The maximum Gasteiger partial charge on any atom is 0.416 e. The second-order valence-corrected chi connectivity index (χ2v) is 8.01. The molecule has 0 saturated heterocycles. The summed E-state index contributed by atoms with van der Waals surface area (Å²) < 4.78 is 79.0. The van der Waals surface area contributed by atoms with Crippen LogP contribution in [-0.2, 0) is 23.6 Å². The van der Waals surface area contributed by atoms with Crippen LogP contribution in [0.4, 0.5) is 32.0 Å². The molecular weight excluding hydrogens is 470 g/mol. The molecule has 0 aliphatic rings. The number of carbonyl (C=O) groups excluding carboxylic acids is 1. The van der Waals surface area contributed by atoms with Gasteiger partial charge in [0.15, 0.2) is 0 Å². The molecule has 1 heterocycles. The quantitative estimate of drug-likeness (QED) is 0.304. The van der Waals surface area contributed by atoms with Crippen molar-refractivity contribution >= 4 is 22.5 Å². The molecule has 3 aromatic carbocycles. The van der Waals surface area contributed by atoms with Crippen molar-refractivity contribution < 1.29 is 31.1 Å². The molecule has 0 unspecified atom stereocenters. The highest BCUT2D eigenvalue weighted by Gasteiger charge is 2.37. The fourth-order valence-corrected chi connectivity index (χ4v) is 3.90. The van der Waals surface area contributed by atoms with Crippen molar-refractivity contribution in [3.8, 4) is 11.1 Å². The van der Waals surface area contributed by atoms with Crippen molar-refractivity contribution in [2.24, 2.45) is 0 Å². The van der Waals surface area contributed by atoms with E-state index in [9.17, 15) is 31.1 Å². The number of pyridine rings is 1. The normalized spacial score (nSPS) is 12.1. The third-order valence-corrected chi connectivity index (χ3v) is 5.49. The molecule has 3 nitrogen and oxygen atoms in total. The monoisotopic (exact) mass is 488 g/mol. The number of aryl methyl sites for hydroxylation is 1. The summed E-state index contributed by atoms with van der Waals surface area (Å²) in [5, 5.41) is 3.40. The maximum absolute atomic E-state index is 13.2. The number of benzene rings is 3. The first-order valence-corrected chi connectivity index (χ1v) is 10.5. The number of hydrogen-bond donors (Lipinski definition) is 1. The lowest BCUT2D eigenvalue weighted by molar-refractivity contribution is -0.143. The molecule has 1 amide bonds. The number of nitrogens with one attached hydrogen (secondary N) is 1. The van der Waals surface area contributed by atoms with Gasteiger partial charge in [0.2, 0.25) is 5.91 Å². The third-order valence-electron chi connectivity index (χ3n) is 5.49. The van der Waals surface area contributed by atoms with Crippen molar-refractivity contribution in [2.45, 2.75) is 25.7 Å². The summed E-state index contributed by atoms with van der Waals surface area (Å²) in [5.74, 6) is -0.754. The van der Waals surface area contributed by atoms with Gasteiger partial charge in [-0.25, -0.2) is 0 Å². The Balaban J connectivity index is 1.73. The van der Waals surface area contributed by atoms with Gasteiger partial charge in [-0.3, -0.25) is 9.78 Å². The van der Waals surface area contributed by atoms with E-state index in [1.807, 2.05) is 37.3 Å². The Hall–Kier alpha value is -3.88. The van der Waals surface area contributed by atoms with Gasteiger partial charge >= 0.3 is 12.4 Å². The molecule has 0 fully saturated rings. The van der Waals surface area contributed by atoms with Gasteiger partial charge in [0.25, 0.3) is 0 Å². The zero-order chi connectivity index (χ0) is 25.4. The third kappa shape index (κ3) is 5.29. The number of carbonyl (C=O) groups is 1. The first-order valence-electron chi connectivity index (χ1n) is 10.5. The van der Waals surface area contributed by atoms with Crippen LogP contribution < -0.4 is 5.32 Å². The van der Waals surface area contributed by atoms with Crippen LogP contribution in [0.2, 0.25) is 0 Å². The highest BCUT2D eigenvalue weighted by molar-refractivity contribution is 6.06. The largest absolute Gasteiger partial charge is 0.416 e. The lowest BCUT2D eigenvalue weighted by Gasteiger charge is -2.17. The number of alkyl halides is 6. The molecule has 9 heteroatoms. The van der Waals surface area contributed by atoms with E-state index < -0.39 is 41.4 Å². The fourth-order valence-electron chi connectivity index (χ4n) is 3.90. The van der Waals surface area contributed by atoms with Gasteiger partial charge in [-0.15, -0.1) is 0 Å². The Morgan fingerprint density at radius 2 is 1.51 bits per heavy atom. The SMILES string of the molecule is Cc1ccccc1-c1c(NC(=O)Cc2cc(C(F)(F)F)cc(C(F)(F)F)c2)ccc2ncccc12. The highest BCUT2D eigenvalue weighted by atomic mass is 19.4. The van der Waals surface area contributed by atoms with E-state index in [2.05, 4.69) is 10.3 Å². The minimum atomic E-state index is -4.99. The van der Waals surface area contributed by atoms with Crippen LogP contribution in [-0.4, -0.2) is 10.9 Å². The van der Waals surface area contributed by atoms with Crippen LogP contribution in [0, 0.1) is 6.92 Å². The van der Waals surface area contributed by atoms with Gasteiger partial charge in [-0.2, -0.15) is 26.3 Å². The van der Waals surface area contributed by atoms with Gasteiger partial charge in [0.05, 0.1) is 23.1 Å². The molecule has 1 N–H and O–H groups in total. The van der Waals surface area contributed by atoms with Crippen LogP contribution in [0.1, 0.15) is 22.3 Å². The van der Waals surface area contributed by atoms with E-state index >= 15 is 0 Å². The lowest BCUT2D eigenvalue weighted by atomic mass is 9.95. The summed E-state index contributed by atoms with van der Waals surface area (Å²) in [7, 11) is 0. The smallest absolute Gasteiger partial charge is 0.325 e. The Morgan fingerprint density at radius 1 is 0.857 bits per heavy atom. The number of aromatic nitrogens is 1. The van der Waals surface area contributed by atoms with Crippen molar-refractivity contribution in [1.29, 1.82) is 0 Å². The molecule has 0 aliphatic heterocycles. The van der Waals surface area contributed by atoms with E-state index in [1.54, 1.807) is 24.4 Å². The lowest BCUT2D eigenvalue weighted by Crippen LogP contribution is -2.17. The van der Waals surface area contributed by atoms with Crippen LogP contribution in [0.5, 0.6) is 0 Å². The van der Waals surface area contributed by atoms with Crippen LogP contribution >= 0.6 is 0 Å². The van der Waals surface area contributed by atoms with E-state index in [0.717, 1.165) is 16.5 Å². The Kier molecular flexibility index (Phi) is 6.27. The van der Waals surface area contributed by atoms with Crippen molar-refractivity contribution in [3.63, 3.8) is 0 Å². The van der Waals surface area contributed by atoms with E-state index in [0.29, 0.717) is 28.9 Å². The molecule has 180 valence electrons. The highest BCUT2D eigenvalue weighted by Crippen LogP contribution is 2.38. The first kappa shape index (κ1) is 24.3. The predicted molar refractivity (Wildman–Crippen MR) is 121 cm³/mol. The van der Waals surface area contributed by atoms with Gasteiger partial charge in [-0.05, 0) is 60.0 Å². The molecule has 0 saturated carbocycles. The Bertz CT molecular complexity index is 1380. The summed E-state index contributed by atoms with van der Waals surface area (Å²) in [5.41, 5.74) is 0.0720. The molecule has 0 radical (unpaired) electrons. The average Bonchev–Trinajstić information content (AvgIpc) is 2.78. The molecule has 0 bridgehead atoms. The average molecular weight is 488 g/mol. The molecule has 4 rings (SSSR count). The zero-order valence-electron chi connectivity index (χ0n) is 18.3. The molecule has 35 heavy (non-hydrogen) atoms. The van der Waals surface area contributed by atoms with E-state index in [-0.39, 0.29) is 6.07 Å². The minimum absolute atomic E-state index is 0.0357. The van der Waals surface area contributed by atoms with Crippen LogP contribution in [0.25, 0.3) is 22.0 Å². The van der Waals surface area contributed by atoms with Crippen molar-refractivity contribution in [1.82, 2.24) is 4.98 Å². The molecule has 1 aromatic heterocycles. The Morgan fingerprint density at radius 3 is 2.14 bits per heavy atom. The first-order chi connectivity index (χ1) is 16.4. The van der Waals surface area contributed by atoms with Crippen LogP contribution in [0.3, 0.4) is 0 Å². The summed E-state index contributed by atoms with van der Waals surface area (Å²) in [4.78, 5) is 17.1. The van der Waals surface area contributed by atoms with Crippen molar-refractivity contribution in [2.75, 3.05) is 5.32 Å². The molecule has 0 aliphatic carbocycles. The fraction of sp³-hybridized carbons (Fsp3) is 0.154. The molecular formula is C26H18F6N2O. The summed E-state index contributed by atoms with van der Waals surface area (Å²) in [6.07, 6.45) is -9.04. The summed E-state index contributed by atoms with van der Waals surface area (Å²) in [6.45, 7) is 1.89. The number of amides is 1. The summed E-state index contributed by atoms with van der Waals surface area (Å²) in [6, 6.07) is 15.4. The van der Waals surface area contributed by atoms with Gasteiger partial charge < -0.3 is 5.32 Å². The van der Waals surface area contributed by atoms with Gasteiger partial charge in [0.1, 0.15) is 0 Å². The van der Waals surface area contributed by atoms with Gasteiger partial charge in [-0.1, -0.05) is 30.3 Å². The standard InChI is InChI=1S/C26H18F6N2O/c1-15-5-2-3-6-19(15)24-20-7-4-10-33-21(20)8-9-22(24)34-23(35)13-16-11-17(25(27,28)29)14-18(12-16)26(30,31)32/h2-12,14H,13H2,1H3,(H,34,35). The number of halogens is 6. The maximum atomic E-state index is 13.2. The second-order valence-electron chi connectivity index (χ2n) is 8.01. The van der Waals surface area contributed by atoms with E-state index in [4.69, 9.17) is 0 Å². The number of anilines is 1. The topological polar surface area (TPSA) is 42.0 Å². The molecule has 4 aromatic rings. The van der Waals surface area contributed by atoms with Crippen molar-refractivity contribution in [3.05, 3.63) is 95.2 Å².